The molecular formula is C50H33NO. The molecule has 244 valence electrons. The van der Waals surface area contributed by atoms with E-state index in [4.69, 9.17) is 4.42 Å². The highest BCUT2D eigenvalue weighted by Crippen LogP contribution is 2.47. The molecule has 0 radical (unpaired) electrons. The van der Waals surface area contributed by atoms with Crippen LogP contribution in [0.3, 0.4) is 0 Å². The molecule has 0 aliphatic heterocycles. The third kappa shape index (κ3) is 5.12. The SMILES string of the molecule is c1ccc(-c2ccc(N(c3ccc4cc(-c5ccccc5)ccc4c3)c3cccc4oc5c(-c6ccccc6)cc6ccccc6c5c34)cc2)cc1. The summed E-state index contributed by atoms with van der Waals surface area (Å²) < 4.78 is 6.88. The summed E-state index contributed by atoms with van der Waals surface area (Å²) in [6.07, 6.45) is 0. The first-order valence-electron chi connectivity index (χ1n) is 17.8. The molecule has 52 heavy (non-hydrogen) atoms. The lowest BCUT2D eigenvalue weighted by Crippen LogP contribution is -2.10. The van der Waals surface area contributed by atoms with Crippen molar-refractivity contribution in [3.05, 3.63) is 200 Å². The Kier molecular flexibility index (Phi) is 7.18. The van der Waals surface area contributed by atoms with Crippen LogP contribution in [-0.4, -0.2) is 0 Å². The van der Waals surface area contributed by atoms with Gasteiger partial charge in [-0.1, -0.05) is 152 Å². The molecule has 2 nitrogen and oxygen atoms in total. The average Bonchev–Trinajstić information content (AvgIpc) is 3.63. The summed E-state index contributed by atoms with van der Waals surface area (Å²) in [5, 5.41) is 6.97. The van der Waals surface area contributed by atoms with E-state index < -0.39 is 0 Å². The molecule has 0 saturated heterocycles. The lowest BCUT2D eigenvalue weighted by molar-refractivity contribution is 0.670. The Bertz CT molecular complexity index is 2870. The van der Waals surface area contributed by atoms with Crippen LogP contribution < -0.4 is 4.90 Å². The fourth-order valence-corrected chi connectivity index (χ4v) is 7.71. The normalized spacial score (nSPS) is 11.5. The third-order valence-corrected chi connectivity index (χ3v) is 10.2. The van der Waals surface area contributed by atoms with E-state index in [1.807, 2.05) is 0 Å². The summed E-state index contributed by atoms with van der Waals surface area (Å²) in [7, 11) is 0. The van der Waals surface area contributed by atoms with Crippen LogP contribution in [0.2, 0.25) is 0 Å². The van der Waals surface area contributed by atoms with Crippen LogP contribution in [0.25, 0.3) is 76.9 Å². The fourth-order valence-electron chi connectivity index (χ4n) is 7.71. The van der Waals surface area contributed by atoms with Crippen LogP contribution >= 0.6 is 0 Å². The highest BCUT2D eigenvalue weighted by atomic mass is 16.3. The molecule has 0 bridgehead atoms. The number of benzene rings is 9. The van der Waals surface area contributed by atoms with Gasteiger partial charge in [-0.25, -0.2) is 0 Å². The van der Waals surface area contributed by atoms with Crippen molar-refractivity contribution in [3.63, 3.8) is 0 Å². The van der Waals surface area contributed by atoms with Gasteiger partial charge >= 0.3 is 0 Å². The molecule has 0 aliphatic carbocycles. The van der Waals surface area contributed by atoms with Crippen molar-refractivity contribution in [2.24, 2.45) is 0 Å². The predicted octanol–water partition coefficient (Wildman–Crippen LogP) is 14.4. The van der Waals surface area contributed by atoms with Crippen molar-refractivity contribution in [3.8, 4) is 33.4 Å². The summed E-state index contributed by atoms with van der Waals surface area (Å²) in [5.41, 5.74) is 12.0. The molecule has 0 fully saturated rings. The average molecular weight is 664 g/mol. The highest BCUT2D eigenvalue weighted by molar-refractivity contribution is 6.26. The number of anilines is 3. The van der Waals surface area contributed by atoms with E-state index in [0.29, 0.717) is 0 Å². The van der Waals surface area contributed by atoms with Gasteiger partial charge in [-0.3, -0.25) is 0 Å². The largest absolute Gasteiger partial charge is 0.455 e. The third-order valence-electron chi connectivity index (χ3n) is 10.2. The van der Waals surface area contributed by atoms with Crippen LogP contribution in [0, 0.1) is 0 Å². The van der Waals surface area contributed by atoms with Crippen LogP contribution in [0.15, 0.2) is 205 Å². The Balaban J connectivity index is 1.22. The maximum atomic E-state index is 6.88. The van der Waals surface area contributed by atoms with Gasteiger partial charge in [0.15, 0.2) is 0 Å². The van der Waals surface area contributed by atoms with Crippen molar-refractivity contribution in [1.29, 1.82) is 0 Å². The van der Waals surface area contributed by atoms with Gasteiger partial charge in [0.2, 0.25) is 0 Å². The number of nitrogens with zero attached hydrogens (tertiary/aromatic N) is 1. The van der Waals surface area contributed by atoms with Crippen LogP contribution in [0.5, 0.6) is 0 Å². The lowest BCUT2D eigenvalue weighted by atomic mass is 9.95. The molecule has 0 atom stereocenters. The first-order chi connectivity index (χ1) is 25.8. The zero-order chi connectivity index (χ0) is 34.4. The van der Waals surface area contributed by atoms with Crippen molar-refractivity contribution in [2.45, 2.75) is 0 Å². The first kappa shape index (κ1) is 30.0. The zero-order valence-corrected chi connectivity index (χ0v) is 28.4. The van der Waals surface area contributed by atoms with E-state index in [2.05, 4.69) is 205 Å². The minimum atomic E-state index is 0.861. The Morgan fingerprint density at radius 2 is 0.923 bits per heavy atom. The van der Waals surface area contributed by atoms with Gasteiger partial charge in [-0.15, -0.1) is 0 Å². The van der Waals surface area contributed by atoms with Crippen molar-refractivity contribution >= 4 is 60.5 Å². The summed E-state index contributed by atoms with van der Waals surface area (Å²) in [6, 6.07) is 71.6. The molecule has 0 amide bonds. The fraction of sp³-hybridized carbons (Fsp3) is 0. The molecule has 10 aromatic rings. The Morgan fingerprint density at radius 3 is 1.67 bits per heavy atom. The maximum Gasteiger partial charge on any atom is 0.143 e. The van der Waals surface area contributed by atoms with E-state index in [0.717, 1.165) is 50.1 Å². The van der Waals surface area contributed by atoms with E-state index in [1.165, 1.54) is 43.8 Å². The molecule has 0 saturated carbocycles. The molecule has 10 rings (SSSR count). The standard InChI is InChI=1S/C50H33NO/c1-4-13-34(14-5-1)36-25-28-42(29-26-36)51(43-30-27-39-31-38(23-24-40(39)32-43)35-15-6-2-7-16-35)46-21-12-22-47-49(46)48-44-20-11-10-19-41(44)33-45(50(48)52-47)37-17-8-3-9-18-37/h1-33H. The van der Waals surface area contributed by atoms with Gasteiger partial charge in [-0.05, 0) is 97.9 Å². The second-order valence-corrected chi connectivity index (χ2v) is 13.3. The van der Waals surface area contributed by atoms with E-state index in [9.17, 15) is 0 Å². The van der Waals surface area contributed by atoms with Gasteiger partial charge in [0.1, 0.15) is 11.2 Å². The van der Waals surface area contributed by atoms with Crippen LogP contribution in [0.1, 0.15) is 0 Å². The van der Waals surface area contributed by atoms with Crippen molar-refractivity contribution in [1.82, 2.24) is 0 Å². The van der Waals surface area contributed by atoms with Crippen molar-refractivity contribution < 1.29 is 4.42 Å². The second kappa shape index (κ2) is 12.5. The zero-order valence-electron chi connectivity index (χ0n) is 28.4. The van der Waals surface area contributed by atoms with E-state index in [1.54, 1.807) is 0 Å². The Morgan fingerprint density at radius 1 is 0.346 bits per heavy atom. The van der Waals surface area contributed by atoms with E-state index in [-0.39, 0.29) is 0 Å². The Hall–Kier alpha value is -6.90. The first-order valence-corrected chi connectivity index (χ1v) is 17.8. The van der Waals surface area contributed by atoms with Crippen molar-refractivity contribution in [2.75, 3.05) is 4.90 Å². The molecule has 1 heterocycles. The summed E-state index contributed by atoms with van der Waals surface area (Å²) in [5.74, 6) is 0. The molecule has 2 heteroatoms. The van der Waals surface area contributed by atoms with Crippen LogP contribution in [-0.2, 0) is 0 Å². The highest BCUT2D eigenvalue weighted by Gasteiger charge is 2.23. The maximum absolute atomic E-state index is 6.88. The predicted molar refractivity (Wildman–Crippen MR) is 220 cm³/mol. The van der Waals surface area contributed by atoms with E-state index >= 15 is 0 Å². The number of hydrogen-bond donors (Lipinski definition) is 0. The summed E-state index contributed by atoms with van der Waals surface area (Å²) in [4.78, 5) is 2.39. The van der Waals surface area contributed by atoms with Gasteiger partial charge in [-0.2, -0.15) is 0 Å². The number of furan rings is 1. The molecule has 0 N–H and O–H groups in total. The van der Waals surface area contributed by atoms with Crippen LogP contribution in [0.4, 0.5) is 17.1 Å². The number of hydrogen-bond acceptors (Lipinski definition) is 2. The second-order valence-electron chi connectivity index (χ2n) is 13.3. The quantitative estimate of drug-likeness (QED) is 0.176. The van der Waals surface area contributed by atoms with Gasteiger partial charge in [0.05, 0.1) is 11.1 Å². The summed E-state index contributed by atoms with van der Waals surface area (Å²) >= 11 is 0. The minimum absolute atomic E-state index is 0.861. The Labute approximate surface area is 302 Å². The minimum Gasteiger partial charge on any atom is -0.455 e. The molecule has 0 spiro atoms. The van der Waals surface area contributed by atoms with Gasteiger partial charge in [0, 0.05) is 22.3 Å². The molecule has 9 aromatic carbocycles. The van der Waals surface area contributed by atoms with Gasteiger partial charge in [0.25, 0.3) is 0 Å². The monoisotopic (exact) mass is 663 g/mol. The number of rotatable bonds is 6. The molecule has 1 aromatic heterocycles. The molecule has 0 unspecified atom stereocenters. The van der Waals surface area contributed by atoms with Gasteiger partial charge < -0.3 is 9.32 Å². The molecular weight excluding hydrogens is 631 g/mol. The lowest BCUT2D eigenvalue weighted by Gasteiger charge is -2.27. The molecule has 0 aliphatic rings. The summed E-state index contributed by atoms with van der Waals surface area (Å²) in [6.45, 7) is 0. The smallest absolute Gasteiger partial charge is 0.143 e. The number of fused-ring (bicyclic) bond motifs is 6. The topological polar surface area (TPSA) is 16.4 Å².